The fourth-order valence-electron chi connectivity index (χ4n) is 2.06. The molecule has 0 fully saturated rings. The van der Waals surface area contributed by atoms with E-state index in [1.165, 1.54) is 30.7 Å². The standard InChI is InChI=1S/C17H12N4O5S/c22-16(14-5-2-8-25-14)20-17(27)19-11-3-1-4-13(9-11)26-15-10-12(21(23)24)6-7-18-15/h1-10H,(H2,19,20,22,27). The smallest absolute Gasteiger partial charge is 0.293 e. The Kier molecular flexibility index (Phi) is 5.38. The van der Waals surface area contributed by atoms with Crippen molar-refractivity contribution in [3.05, 3.63) is 76.9 Å². The van der Waals surface area contributed by atoms with Gasteiger partial charge in [-0.15, -0.1) is 0 Å². The summed E-state index contributed by atoms with van der Waals surface area (Å²) in [6, 6.07) is 12.2. The molecule has 0 aliphatic heterocycles. The molecule has 9 nitrogen and oxygen atoms in total. The van der Waals surface area contributed by atoms with Gasteiger partial charge in [0.25, 0.3) is 11.6 Å². The van der Waals surface area contributed by atoms with Crippen molar-refractivity contribution in [2.45, 2.75) is 0 Å². The number of furan rings is 1. The highest BCUT2D eigenvalue weighted by Gasteiger charge is 2.11. The van der Waals surface area contributed by atoms with Crippen LogP contribution in [0.5, 0.6) is 11.6 Å². The molecule has 0 radical (unpaired) electrons. The summed E-state index contributed by atoms with van der Waals surface area (Å²) in [5.41, 5.74) is 0.416. The van der Waals surface area contributed by atoms with Crippen molar-refractivity contribution in [2.24, 2.45) is 0 Å². The van der Waals surface area contributed by atoms with E-state index in [1.54, 1.807) is 30.3 Å². The Morgan fingerprint density at radius 1 is 1.22 bits per heavy atom. The van der Waals surface area contributed by atoms with E-state index in [0.717, 1.165) is 0 Å². The topological polar surface area (TPSA) is 120 Å². The van der Waals surface area contributed by atoms with Crippen molar-refractivity contribution < 1.29 is 18.9 Å². The number of nitro groups is 1. The summed E-state index contributed by atoms with van der Waals surface area (Å²) in [6.45, 7) is 0. The van der Waals surface area contributed by atoms with Crippen LogP contribution in [0.4, 0.5) is 11.4 Å². The molecule has 3 aromatic rings. The number of carbonyl (C=O) groups is 1. The number of amides is 1. The minimum atomic E-state index is -0.535. The second-order valence-electron chi connectivity index (χ2n) is 5.12. The number of benzene rings is 1. The van der Waals surface area contributed by atoms with Crippen molar-refractivity contribution in [1.29, 1.82) is 0 Å². The molecule has 2 N–H and O–H groups in total. The van der Waals surface area contributed by atoms with Crippen molar-refractivity contribution in [1.82, 2.24) is 10.3 Å². The highest BCUT2D eigenvalue weighted by molar-refractivity contribution is 7.80. The van der Waals surface area contributed by atoms with Gasteiger partial charge in [-0.05, 0) is 36.5 Å². The predicted molar refractivity (Wildman–Crippen MR) is 99.8 cm³/mol. The van der Waals surface area contributed by atoms with E-state index in [9.17, 15) is 14.9 Å². The van der Waals surface area contributed by atoms with Crippen LogP contribution in [0.1, 0.15) is 10.6 Å². The molecular weight excluding hydrogens is 372 g/mol. The quantitative estimate of drug-likeness (QED) is 0.390. The van der Waals surface area contributed by atoms with Crippen LogP contribution in [-0.2, 0) is 0 Å². The molecule has 2 heterocycles. The molecule has 1 aromatic carbocycles. The van der Waals surface area contributed by atoms with E-state index in [-0.39, 0.29) is 22.4 Å². The minimum absolute atomic E-state index is 0.0713. The Balaban J connectivity index is 1.65. The maximum Gasteiger partial charge on any atom is 0.293 e. The first-order chi connectivity index (χ1) is 13.0. The van der Waals surface area contributed by atoms with Gasteiger partial charge in [0, 0.05) is 24.0 Å². The molecule has 0 saturated carbocycles. The predicted octanol–water partition coefficient (Wildman–Crippen LogP) is 3.50. The molecule has 0 aliphatic carbocycles. The number of anilines is 1. The lowest BCUT2D eigenvalue weighted by Crippen LogP contribution is -2.33. The molecule has 136 valence electrons. The molecule has 0 aliphatic rings. The number of hydrogen-bond donors (Lipinski definition) is 2. The fraction of sp³-hybridized carbons (Fsp3) is 0. The summed E-state index contributed by atoms with van der Waals surface area (Å²) in [5.74, 6) is 0.113. The third-order valence-electron chi connectivity index (χ3n) is 3.22. The number of carbonyl (C=O) groups excluding carboxylic acids is 1. The maximum atomic E-state index is 11.9. The molecule has 0 saturated heterocycles. The number of pyridine rings is 1. The number of nitrogens with one attached hydrogen (secondary N) is 2. The number of aromatic nitrogens is 1. The van der Waals surface area contributed by atoms with Gasteiger partial charge in [-0.25, -0.2) is 4.98 Å². The van der Waals surface area contributed by atoms with Gasteiger partial charge in [0.05, 0.1) is 17.3 Å². The Morgan fingerprint density at radius 3 is 2.81 bits per heavy atom. The molecule has 2 aromatic heterocycles. The van der Waals surface area contributed by atoms with Crippen molar-refractivity contribution in [3.8, 4) is 11.6 Å². The second-order valence-corrected chi connectivity index (χ2v) is 5.53. The number of rotatable bonds is 5. The van der Waals surface area contributed by atoms with Gasteiger partial charge in [-0.2, -0.15) is 0 Å². The lowest BCUT2D eigenvalue weighted by atomic mass is 10.3. The van der Waals surface area contributed by atoms with Crippen LogP contribution >= 0.6 is 12.2 Å². The largest absolute Gasteiger partial charge is 0.459 e. The lowest BCUT2D eigenvalue weighted by molar-refractivity contribution is -0.385. The van der Waals surface area contributed by atoms with E-state index in [2.05, 4.69) is 15.6 Å². The molecule has 0 unspecified atom stereocenters. The van der Waals surface area contributed by atoms with Crippen LogP contribution < -0.4 is 15.4 Å². The van der Waals surface area contributed by atoms with E-state index >= 15 is 0 Å². The van der Waals surface area contributed by atoms with Crippen LogP contribution in [0.3, 0.4) is 0 Å². The maximum absolute atomic E-state index is 11.9. The Hall–Kier alpha value is -3.79. The van der Waals surface area contributed by atoms with Crippen LogP contribution in [0, 0.1) is 10.1 Å². The fourth-order valence-corrected chi connectivity index (χ4v) is 2.27. The van der Waals surface area contributed by atoms with Crippen LogP contribution in [0.2, 0.25) is 0 Å². The third-order valence-corrected chi connectivity index (χ3v) is 3.42. The molecule has 0 atom stereocenters. The van der Waals surface area contributed by atoms with Crippen molar-refractivity contribution >= 4 is 34.6 Å². The SMILES string of the molecule is O=C(NC(=S)Nc1cccc(Oc2cc([N+](=O)[O-])ccn2)c1)c1ccco1. The average Bonchev–Trinajstić information content (AvgIpc) is 3.17. The van der Waals surface area contributed by atoms with Crippen LogP contribution in [-0.4, -0.2) is 20.9 Å². The Bertz CT molecular complexity index is 991. The summed E-state index contributed by atoms with van der Waals surface area (Å²) in [4.78, 5) is 26.1. The lowest BCUT2D eigenvalue weighted by Gasteiger charge is -2.10. The van der Waals surface area contributed by atoms with E-state index in [4.69, 9.17) is 21.4 Å². The molecule has 0 spiro atoms. The Labute approximate surface area is 158 Å². The summed E-state index contributed by atoms with van der Waals surface area (Å²) in [7, 11) is 0. The number of thiocarbonyl (C=S) groups is 1. The summed E-state index contributed by atoms with van der Waals surface area (Å²) in [5, 5.41) is 16.2. The van der Waals surface area contributed by atoms with E-state index < -0.39 is 10.8 Å². The first kappa shape index (κ1) is 18.0. The molecule has 27 heavy (non-hydrogen) atoms. The number of hydrogen-bond acceptors (Lipinski definition) is 7. The summed E-state index contributed by atoms with van der Waals surface area (Å²) >= 11 is 5.09. The van der Waals surface area contributed by atoms with Gasteiger partial charge in [0.2, 0.25) is 5.88 Å². The summed E-state index contributed by atoms with van der Waals surface area (Å²) < 4.78 is 10.5. The van der Waals surface area contributed by atoms with Crippen molar-refractivity contribution in [3.63, 3.8) is 0 Å². The Morgan fingerprint density at radius 2 is 2.07 bits per heavy atom. The second kappa shape index (κ2) is 8.06. The molecular formula is C17H12N4O5S. The molecule has 10 heteroatoms. The highest BCUT2D eigenvalue weighted by Crippen LogP contribution is 2.25. The van der Waals surface area contributed by atoms with Gasteiger partial charge < -0.3 is 14.5 Å². The first-order valence-corrected chi connectivity index (χ1v) is 7.96. The number of nitrogens with zero attached hydrogens (tertiary/aromatic N) is 2. The zero-order valence-corrected chi connectivity index (χ0v) is 14.4. The molecule has 1 amide bonds. The van der Waals surface area contributed by atoms with Gasteiger partial charge >= 0.3 is 0 Å². The van der Waals surface area contributed by atoms with E-state index in [0.29, 0.717) is 11.4 Å². The monoisotopic (exact) mass is 384 g/mol. The molecule has 3 rings (SSSR count). The summed E-state index contributed by atoms with van der Waals surface area (Å²) in [6.07, 6.45) is 2.67. The zero-order chi connectivity index (χ0) is 19.2. The normalized spacial score (nSPS) is 10.1. The average molecular weight is 384 g/mol. The molecule has 0 bridgehead atoms. The van der Waals surface area contributed by atoms with Gasteiger partial charge in [-0.3, -0.25) is 20.2 Å². The minimum Gasteiger partial charge on any atom is -0.459 e. The first-order valence-electron chi connectivity index (χ1n) is 7.55. The van der Waals surface area contributed by atoms with Gasteiger partial charge in [0.1, 0.15) is 5.75 Å². The van der Waals surface area contributed by atoms with Crippen LogP contribution in [0.25, 0.3) is 0 Å². The highest BCUT2D eigenvalue weighted by atomic mass is 32.1. The number of ether oxygens (including phenoxy) is 1. The van der Waals surface area contributed by atoms with Crippen LogP contribution in [0.15, 0.2) is 65.4 Å². The van der Waals surface area contributed by atoms with Gasteiger partial charge in [0.15, 0.2) is 10.9 Å². The third kappa shape index (κ3) is 4.86. The zero-order valence-electron chi connectivity index (χ0n) is 13.6. The van der Waals surface area contributed by atoms with E-state index in [1.807, 2.05) is 0 Å². The van der Waals surface area contributed by atoms with Gasteiger partial charge in [-0.1, -0.05) is 6.07 Å². The van der Waals surface area contributed by atoms with Crippen molar-refractivity contribution in [2.75, 3.05) is 5.32 Å².